The van der Waals surface area contributed by atoms with Crippen LogP contribution >= 0.6 is 0 Å². The topological polar surface area (TPSA) is 198 Å². The number of nitrogens with one attached hydrogen (secondary N) is 2. The smallest absolute Gasteiger partial charge is 0.248 e. The van der Waals surface area contributed by atoms with Gasteiger partial charge >= 0.3 is 0 Å². The lowest BCUT2D eigenvalue weighted by molar-refractivity contribution is 0.0992. The predicted molar refractivity (Wildman–Crippen MR) is 198 cm³/mol. The molecular weight excluding hydrogens is 670 g/mol. The van der Waals surface area contributed by atoms with Crippen LogP contribution in [0.5, 0.6) is 0 Å². The van der Waals surface area contributed by atoms with E-state index in [2.05, 4.69) is 49.6 Å². The molecule has 0 atom stereocenters. The van der Waals surface area contributed by atoms with Crippen LogP contribution in [0.25, 0.3) is 0 Å². The molecule has 2 aliphatic heterocycles. The van der Waals surface area contributed by atoms with Gasteiger partial charge in [0.25, 0.3) is 0 Å². The van der Waals surface area contributed by atoms with Gasteiger partial charge < -0.3 is 42.5 Å². The van der Waals surface area contributed by atoms with E-state index >= 15 is 0 Å². The minimum absolute atomic E-state index is 0.293. The highest BCUT2D eigenvalue weighted by Crippen LogP contribution is 2.27. The number of benzene rings is 2. The van der Waals surface area contributed by atoms with Crippen molar-refractivity contribution < 1.29 is 18.4 Å². The molecule has 6 rings (SSSR count). The summed E-state index contributed by atoms with van der Waals surface area (Å²) < 4.78 is 28.4. The number of anilines is 6. The number of hydrogen-bond acceptors (Lipinski definition) is 12. The van der Waals surface area contributed by atoms with Crippen molar-refractivity contribution in [2.75, 3.05) is 73.8 Å². The summed E-state index contributed by atoms with van der Waals surface area (Å²) in [6, 6.07) is 13.2. The van der Waals surface area contributed by atoms with Crippen LogP contribution in [0.2, 0.25) is 0 Å². The normalized spacial score (nSPS) is 15.2. The Bertz CT molecular complexity index is 1790. The number of carbonyl (C=O) groups is 2. The van der Waals surface area contributed by atoms with E-state index in [9.17, 15) is 18.4 Å². The predicted octanol–water partition coefficient (Wildman–Crippen LogP) is 3.87. The number of carbonyl (C=O) groups excluding carboxylic acids is 2. The molecule has 14 nitrogen and oxygen atoms in total. The minimum atomic E-state index is -0.493. The van der Waals surface area contributed by atoms with Gasteiger partial charge in [0.1, 0.15) is 0 Å². The summed E-state index contributed by atoms with van der Waals surface area (Å²) in [6.45, 7) is 4.71. The van der Waals surface area contributed by atoms with Gasteiger partial charge in [-0.3, -0.25) is 9.59 Å². The molecule has 8 N–H and O–H groups in total. The maximum atomic E-state index is 14.3. The lowest BCUT2D eigenvalue weighted by Crippen LogP contribution is -2.38. The van der Waals surface area contributed by atoms with Crippen molar-refractivity contribution in [1.29, 1.82) is 0 Å². The molecule has 4 heterocycles. The average molecular weight is 717 g/mol. The Morgan fingerprint density at radius 1 is 0.712 bits per heavy atom. The average Bonchev–Trinajstić information content (AvgIpc) is 3.14. The molecule has 16 heteroatoms. The highest BCUT2D eigenvalue weighted by Gasteiger charge is 2.24. The lowest BCUT2D eigenvalue weighted by atomic mass is 9.96. The molecule has 2 aromatic carbocycles. The summed E-state index contributed by atoms with van der Waals surface area (Å²) in [7, 11) is 4.15. The number of rotatable bonds is 11. The second kappa shape index (κ2) is 17.6. The highest BCUT2D eigenvalue weighted by molar-refractivity contribution is 5.93. The summed E-state index contributed by atoms with van der Waals surface area (Å²) in [5, 5.41) is 6.05. The van der Waals surface area contributed by atoms with Gasteiger partial charge in [-0.05, 0) is 107 Å². The van der Waals surface area contributed by atoms with E-state index in [-0.39, 0.29) is 0 Å². The Hall–Kier alpha value is -5.48. The van der Waals surface area contributed by atoms with E-state index in [0.29, 0.717) is 64.4 Å². The summed E-state index contributed by atoms with van der Waals surface area (Å²) in [5.41, 5.74) is 18.4. The van der Waals surface area contributed by atoms with Crippen molar-refractivity contribution in [3.63, 3.8) is 0 Å². The SMILES string of the molecule is CN(C)CC1CCN(c2nc(Nc3ccc(C(N)=O)cc3)ncc2F)CC1.NCC1CCN(c2nc(Nc3ccc(C(N)=O)cc3)ncc2F)CC1. The quantitative estimate of drug-likeness (QED) is 0.151. The van der Waals surface area contributed by atoms with Gasteiger partial charge in [0.2, 0.25) is 23.7 Å². The van der Waals surface area contributed by atoms with E-state index in [4.69, 9.17) is 17.2 Å². The van der Waals surface area contributed by atoms with Crippen LogP contribution in [0.15, 0.2) is 60.9 Å². The Kier molecular flexibility index (Phi) is 12.8. The molecule has 0 saturated carbocycles. The van der Waals surface area contributed by atoms with Gasteiger partial charge in [0.15, 0.2) is 23.3 Å². The number of aromatic nitrogens is 4. The van der Waals surface area contributed by atoms with Crippen LogP contribution < -0.4 is 37.6 Å². The molecule has 2 saturated heterocycles. The number of halogens is 2. The van der Waals surface area contributed by atoms with Crippen LogP contribution in [0.1, 0.15) is 46.4 Å². The molecule has 2 amide bonds. The van der Waals surface area contributed by atoms with Crippen LogP contribution in [-0.2, 0) is 0 Å². The van der Waals surface area contributed by atoms with E-state index in [1.54, 1.807) is 48.5 Å². The van der Waals surface area contributed by atoms with Crippen molar-refractivity contribution in [3.05, 3.63) is 83.7 Å². The zero-order chi connectivity index (χ0) is 37.2. The first kappa shape index (κ1) is 37.8. The third-order valence-electron chi connectivity index (χ3n) is 9.09. The molecule has 0 radical (unpaired) electrons. The molecule has 4 aromatic rings. The van der Waals surface area contributed by atoms with Gasteiger partial charge in [-0.25, -0.2) is 18.7 Å². The summed E-state index contributed by atoms with van der Waals surface area (Å²) >= 11 is 0. The van der Waals surface area contributed by atoms with Crippen LogP contribution in [0.3, 0.4) is 0 Å². The van der Waals surface area contributed by atoms with Crippen molar-refractivity contribution >= 4 is 46.7 Å². The van der Waals surface area contributed by atoms with Crippen molar-refractivity contribution in [2.24, 2.45) is 29.0 Å². The van der Waals surface area contributed by atoms with Gasteiger partial charge in [-0.2, -0.15) is 9.97 Å². The lowest BCUT2D eigenvalue weighted by Gasteiger charge is -2.34. The van der Waals surface area contributed by atoms with Crippen molar-refractivity contribution in [1.82, 2.24) is 24.8 Å². The van der Waals surface area contributed by atoms with Crippen molar-refractivity contribution in [3.8, 4) is 0 Å². The number of nitrogens with zero attached hydrogens (tertiary/aromatic N) is 7. The summed E-state index contributed by atoms with van der Waals surface area (Å²) in [5.74, 6) is 0.498. The second-order valence-electron chi connectivity index (χ2n) is 13.2. The Morgan fingerprint density at radius 3 is 1.44 bits per heavy atom. The van der Waals surface area contributed by atoms with Crippen LogP contribution in [0.4, 0.5) is 43.7 Å². The number of amides is 2. The standard InChI is InChI=1S/C19H25FN6O.C17H21FN6O/c1-25(2)12-13-7-9-26(10-8-13)18-16(20)11-22-19(24-18)23-15-5-3-14(4-6-15)17(21)27;18-14-10-21-17(22-13-3-1-12(2-4-13)15(20)25)23-16(14)24-7-5-11(9-19)6-8-24/h3-6,11,13H,7-10,12H2,1-2H3,(H2,21,27)(H,22,23,24);1-4,10-11H,5-9,19H2,(H2,20,25)(H,21,22,23). The van der Waals surface area contributed by atoms with Crippen LogP contribution in [-0.4, -0.2) is 90.0 Å². The zero-order valence-electron chi connectivity index (χ0n) is 29.4. The molecular formula is C36H46F2N12O2. The van der Waals surface area contributed by atoms with Crippen molar-refractivity contribution in [2.45, 2.75) is 25.7 Å². The van der Waals surface area contributed by atoms with Gasteiger partial charge in [0, 0.05) is 55.2 Å². The fraction of sp³-hybridized carbons (Fsp3) is 0.389. The van der Waals surface area contributed by atoms with Gasteiger partial charge in [-0.15, -0.1) is 0 Å². The molecule has 2 aromatic heterocycles. The first-order valence-corrected chi connectivity index (χ1v) is 17.2. The van der Waals surface area contributed by atoms with E-state index in [0.717, 1.165) is 64.6 Å². The summed E-state index contributed by atoms with van der Waals surface area (Å²) in [6.07, 6.45) is 6.23. The number of piperidine rings is 2. The Balaban J connectivity index is 0.000000202. The number of nitrogens with two attached hydrogens (primary N) is 3. The summed E-state index contributed by atoms with van der Waals surface area (Å²) in [4.78, 5) is 45.0. The molecule has 2 fully saturated rings. The van der Waals surface area contributed by atoms with Gasteiger partial charge in [-0.1, -0.05) is 0 Å². The first-order chi connectivity index (χ1) is 25.0. The fourth-order valence-electron chi connectivity index (χ4n) is 6.20. The van der Waals surface area contributed by atoms with Gasteiger partial charge in [0.05, 0.1) is 12.4 Å². The zero-order valence-corrected chi connectivity index (χ0v) is 29.4. The first-order valence-electron chi connectivity index (χ1n) is 17.2. The molecule has 0 bridgehead atoms. The highest BCUT2D eigenvalue weighted by atomic mass is 19.1. The fourth-order valence-corrected chi connectivity index (χ4v) is 6.20. The second-order valence-corrected chi connectivity index (χ2v) is 13.2. The molecule has 0 spiro atoms. The van der Waals surface area contributed by atoms with E-state index in [1.807, 2.05) is 9.80 Å². The maximum Gasteiger partial charge on any atom is 0.248 e. The van der Waals surface area contributed by atoms with E-state index in [1.165, 1.54) is 6.20 Å². The maximum absolute atomic E-state index is 14.3. The third-order valence-corrected chi connectivity index (χ3v) is 9.09. The molecule has 0 unspecified atom stereocenters. The third kappa shape index (κ3) is 10.3. The molecule has 276 valence electrons. The number of primary amides is 2. The molecule has 2 aliphatic rings. The number of hydrogen-bond donors (Lipinski definition) is 5. The Labute approximate surface area is 301 Å². The molecule has 0 aliphatic carbocycles. The minimum Gasteiger partial charge on any atom is -0.366 e. The largest absolute Gasteiger partial charge is 0.366 e. The van der Waals surface area contributed by atoms with Crippen LogP contribution in [0, 0.1) is 23.5 Å². The monoisotopic (exact) mass is 716 g/mol. The van der Waals surface area contributed by atoms with E-state index < -0.39 is 23.4 Å². The Morgan fingerprint density at radius 2 is 1.10 bits per heavy atom. The molecule has 52 heavy (non-hydrogen) atoms.